The smallest absolute Gasteiger partial charge is 0.350 e. The van der Waals surface area contributed by atoms with Crippen molar-refractivity contribution in [2.75, 3.05) is 13.2 Å². The molecule has 4 unspecified atom stereocenters. The van der Waals surface area contributed by atoms with E-state index in [1.165, 1.54) is 0 Å². The topological polar surface area (TPSA) is 36.9 Å². The summed E-state index contributed by atoms with van der Waals surface area (Å²) in [6.45, 7) is 0.175. The Morgan fingerprint density at radius 1 is 0.684 bits per heavy atom. The van der Waals surface area contributed by atoms with E-state index >= 15 is 0 Å². The summed E-state index contributed by atoms with van der Waals surface area (Å²) in [5.41, 5.74) is -11.7. The Hall–Kier alpha value is -1.14. The fourth-order valence-electron chi connectivity index (χ4n) is 4.41. The quantitative estimate of drug-likeness (QED) is 0.219. The van der Waals surface area contributed by atoms with Gasteiger partial charge in [0.2, 0.25) is 5.79 Å². The summed E-state index contributed by atoms with van der Waals surface area (Å²) in [6, 6.07) is 0. The minimum Gasteiger partial charge on any atom is -0.350 e. The summed E-state index contributed by atoms with van der Waals surface area (Å²) in [5.74, 6) is -6.04. The third-order valence-electron chi connectivity index (χ3n) is 6.37. The van der Waals surface area contributed by atoms with E-state index in [4.69, 9.17) is 4.74 Å². The van der Waals surface area contributed by atoms with E-state index in [9.17, 15) is 61.5 Å². The lowest BCUT2D eigenvalue weighted by Crippen LogP contribution is -2.69. The van der Waals surface area contributed by atoms with Crippen LogP contribution in [0, 0.1) is 0 Å². The van der Waals surface area contributed by atoms with Gasteiger partial charge in [0.1, 0.15) is 6.10 Å². The first-order chi connectivity index (χ1) is 16.9. The van der Waals surface area contributed by atoms with Gasteiger partial charge in [-0.2, -0.15) is 52.7 Å². The van der Waals surface area contributed by atoms with E-state index in [1.54, 1.807) is 0 Å². The monoisotopic (exact) mass is 594 g/mol. The molecular formula is C20H24F14O4. The molecule has 226 valence electrons. The second-order valence-corrected chi connectivity index (χ2v) is 9.26. The Balaban J connectivity index is 2.10. The maximum Gasteiger partial charge on any atom is 0.437 e. The first-order valence-electron chi connectivity index (χ1n) is 11.2. The number of alkyl halides is 14. The largest absolute Gasteiger partial charge is 0.437 e. The summed E-state index contributed by atoms with van der Waals surface area (Å²) in [5, 5.41) is 0. The van der Waals surface area contributed by atoms with Crippen LogP contribution < -0.4 is 0 Å². The van der Waals surface area contributed by atoms with Crippen LogP contribution in [0.2, 0.25) is 0 Å². The molecule has 38 heavy (non-hydrogen) atoms. The van der Waals surface area contributed by atoms with Gasteiger partial charge in [0, 0.05) is 12.8 Å². The summed E-state index contributed by atoms with van der Waals surface area (Å²) in [4.78, 5) is 0. The van der Waals surface area contributed by atoms with Crippen LogP contribution in [0.15, 0.2) is 0 Å². The van der Waals surface area contributed by atoms with Gasteiger partial charge in [-0.25, -0.2) is 8.78 Å². The highest BCUT2D eigenvalue weighted by Gasteiger charge is 2.84. The summed E-state index contributed by atoms with van der Waals surface area (Å²) >= 11 is 0. The lowest BCUT2D eigenvalue weighted by atomic mass is 9.89. The Morgan fingerprint density at radius 2 is 1.18 bits per heavy atom. The molecule has 0 spiro atoms. The highest BCUT2D eigenvalue weighted by molar-refractivity contribution is 5.09. The molecule has 2 fully saturated rings. The van der Waals surface area contributed by atoms with Crippen molar-refractivity contribution in [3.05, 3.63) is 0 Å². The average Bonchev–Trinajstić information content (AvgIpc) is 3.10. The molecule has 0 radical (unpaired) electrons. The molecular weight excluding hydrogens is 570 g/mol. The zero-order chi connectivity index (χ0) is 29.6. The second kappa shape index (κ2) is 10.4. The van der Waals surface area contributed by atoms with E-state index in [2.05, 4.69) is 14.2 Å². The Morgan fingerprint density at radius 3 is 1.61 bits per heavy atom. The molecule has 0 aromatic heterocycles. The lowest BCUT2D eigenvalue weighted by molar-refractivity contribution is -0.436. The van der Waals surface area contributed by atoms with Gasteiger partial charge in [0.25, 0.3) is 0 Å². The van der Waals surface area contributed by atoms with Gasteiger partial charge in [0.15, 0.2) is 5.79 Å². The molecule has 4 nitrogen and oxygen atoms in total. The van der Waals surface area contributed by atoms with E-state index in [1.807, 2.05) is 0 Å². The van der Waals surface area contributed by atoms with Crippen LogP contribution in [0.3, 0.4) is 0 Å². The molecule has 0 aromatic carbocycles. The molecule has 18 heteroatoms. The molecule has 2 aliphatic rings. The normalized spacial score (nSPS) is 30.6. The van der Waals surface area contributed by atoms with Crippen molar-refractivity contribution < 1.29 is 80.4 Å². The molecule has 2 saturated heterocycles. The van der Waals surface area contributed by atoms with E-state index < -0.39 is 105 Å². The number of hydrogen-bond donors (Lipinski definition) is 0. The molecule has 2 heterocycles. The summed E-state index contributed by atoms with van der Waals surface area (Å²) < 4.78 is 206. The Labute approximate surface area is 206 Å². The van der Waals surface area contributed by atoms with Crippen molar-refractivity contribution in [3.8, 4) is 0 Å². The minimum atomic E-state index is -6.50. The number of rotatable bonds is 8. The van der Waals surface area contributed by atoms with E-state index in [-0.39, 0.29) is 6.42 Å². The van der Waals surface area contributed by atoms with Crippen molar-refractivity contribution in [2.45, 2.75) is 112 Å². The highest BCUT2D eigenvalue weighted by atomic mass is 19.4. The van der Waals surface area contributed by atoms with Crippen LogP contribution in [0.25, 0.3) is 0 Å². The number of ether oxygens (including phenoxy) is 4. The van der Waals surface area contributed by atoms with Gasteiger partial charge in [-0.3, -0.25) is 0 Å². The maximum atomic E-state index is 14.8. The fourth-order valence-corrected chi connectivity index (χ4v) is 4.41. The predicted octanol–water partition coefficient (Wildman–Crippen LogP) is 7.26. The molecule has 0 saturated carbocycles. The van der Waals surface area contributed by atoms with E-state index in [0.29, 0.717) is 0 Å². The molecule has 0 aliphatic carbocycles. The van der Waals surface area contributed by atoms with Crippen molar-refractivity contribution >= 4 is 0 Å². The van der Waals surface area contributed by atoms with Crippen molar-refractivity contribution in [1.82, 2.24) is 0 Å². The Bertz CT molecular complexity index is 780. The number of hydrogen-bond acceptors (Lipinski definition) is 4. The number of halogens is 14. The third kappa shape index (κ3) is 5.82. The second-order valence-electron chi connectivity index (χ2n) is 9.26. The van der Waals surface area contributed by atoms with Crippen LogP contribution in [0.5, 0.6) is 0 Å². The minimum absolute atomic E-state index is 0.323. The molecule has 0 aromatic rings. The fraction of sp³-hybridized carbons (Fsp3) is 1.00. The molecule has 0 amide bonds. The zero-order valence-corrected chi connectivity index (χ0v) is 19.7. The van der Waals surface area contributed by atoms with Crippen LogP contribution in [-0.2, 0) is 18.9 Å². The van der Waals surface area contributed by atoms with Gasteiger partial charge in [0.05, 0.1) is 19.3 Å². The molecule has 2 rings (SSSR count). The van der Waals surface area contributed by atoms with Crippen molar-refractivity contribution in [3.63, 3.8) is 0 Å². The summed E-state index contributed by atoms with van der Waals surface area (Å²) in [7, 11) is 0. The average molecular weight is 594 g/mol. The van der Waals surface area contributed by atoms with Gasteiger partial charge >= 0.3 is 36.0 Å². The van der Waals surface area contributed by atoms with Crippen LogP contribution in [-0.4, -0.2) is 73.0 Å². The van der Waals surface area contributed by atoms with Gasteiger partial charge < -0.3 is 18.9 Å². The first kappa shape index (κ1) is 33.1. The van der Waals surface area contributed by atoms with Gasteiger partial charge in [-0.05, 0) is 39.5 Å². The molecule has 0 N–H and O–H groups in total. The lowest BCUT2D eigenvalue weighted by Gasteiger charge is -2.44. The molecule has 0 bridgehead atoms. The van der Waals surface area contributed by atoms with Crippen LogP contribution in [0.4, 0.5) is 61.5 Å². The predicted molar refractivity (Wildman–Crippen MR) is 98.1 cm³/mol. The Kier molecular flexibility index (Phi) is 9.01. The van der Waals surface area contributed by atoms with E-state index in [0.717, 1.165) is 13.8 Å². The maximum absolute atomic E-state index is 14.8. The van der Waals surface area contributed by atoms with Gasteiger partial charge in [-0.15, -0.1) is 0 Å². The molecule has 2 aliphatic heterocycles. The SMILES string of the molecule is CC1CCC(OCCCOC2(C)CCCC(C(F)(C(F)(F)F)C(F)(F)F)O2)(C(F)(C(F)(F)F)C(F)(F)F)O1. The standard InChI is InChI=1S/C20H24F14O4/c1-11-6-8-14(37-11,16(22,19(29,30)31)20(32,33)34)36-10-4-9-35-13(2)7-3-5-12(38-13)15(21,17(23,24)25)18(26,27)28/h11-12H,3-10H2,1-2H3. The van der Waals surface area contributed by atoms with Crippen LogP contribution in [0.1, 0.15) is 52.4 Å². The van der Waals surface area contributed by atoms with Crippen LogP contribution >= 0.6 is 0 Å². The zero-order valence-electron chi connectivity index (χ0n) is 19.7. The van der Waals surface area contributed by atoms with Gasteiger partial charge in [-0.1, -0.05) is 0 Å². The van der Waals surface area contributed by atoms with Crippen molar-refractivity contribution in [2.24, 2.45) is 0 Å². The third-order valence-corrected chi connectivity index (χ3v) is 6.37. The highest BCUT2D eigenvalue weighted by Crippen LogP contribution is 2.58. The van der Waals surface area contributed by atoms with Crippen molar-refractivity contribution in [1.29, 1.82) is 0 Å². The summed E-state index contributed by atoms with van der Waals surface area (Å²) in [6.07, 6.45) is -34.0. The molecule has 4 atom stereocenters. The first-order valence-corrected chi connectivity index (χ1v) is 11.2.